The number of fused-ring (bicyclic) bond motifs is 1. The summed E-state index contributed by atoms with van der Waals surface area (Å²) in [4.78, 5) is 23.0. The van der Waals surface area contributed by atoms with Crippen molar-refractivity contribution in [2.45, 2.75) is 12.5 Å². The first-order valence-electron chi connectivity index (χ1n) is 5.36. The smallest absolute Gasteiger partial charge is 0.165 e. The second-order valence-corrected chi connectivity index (χ2v) is 4.07. The molecule has 2 heterocycles. The molecule has 1 aliphatic rings. The second-order valence-electron chi connectivity index (χ2n) is 4.07. The van der Waals surface area contributed by atoms with Crippen molar-refractivity contribution in [1.29, 1.82) is 0 Å². The summed E-state index contributed by atoms with van der Waals surface area (Å²) in [6.07, 6.45) is 8.73. The fourth-order valence-corrected chi connectivity index (χ4v) is 2.13. The molecule has 0 saturated heterocycles. The minimum Gasteiger partial charge on any atom is -0.382 e. The molecule has 0 fully saturated rings. The molecule has 17 heavy (non-hydrogen) atoms. The van der Waals surface area contributed by atoms with E-state index in [0.717, 1.165) is 12.7 Å². The maximum atomic E-state index is 10.7. The Hall–Kier alpha value is -2.24. The van der Waals surface area contributed by atoms with Gasteiger partial charge in [-0.1, -0.05) is 12.2 Å². The van der Waals surface area contributed by atoms with E-state index in [2.05, 4.69) is 15.0 Å². The number of hydrogen-bond donors (Lipinski definition) is 1. The van der Waals surface area contributed by atoms with Crippen LogP contribution in [0.5, 0.6) is 0 Å². The molecule has 0 aliphatic heterocycles. The molecule has 6 nitrogen and oxygen atoms in total. The van der Waals surface area contributed by atoms with Crippen molar-refractivity contribution < 1.29 is 4.79 Å². The third-order valence-electron chi connectivity index (χ3n) is 3.01. The van der Waals surface area contributed by atoms with Crippen LogP contribution < -0.4 is 5.73 Å². The number of aldehydes is 1. The molecule has 0 bridgehead atoms. The lowest BCUT2D eigenvalue weighted by Gasteiger charge is -2.10. The first kappa shape index (κ1) is 9.95. The summed E-state index contributed by atoms with van der Waals surface area (Å²) in [5, 5.41) is 0. The van der Waals surface area contributed by atoms with Crippen LogP contribution in [0.4, 0.5) is 5.82 Å². The Labute approximate surface area is 97.2 Å². The molecule has 0 spiro atoms. The molecule has 0 radical (unpaired) electrons. The fraction of sp³-hybridized carbons (Fsp3) is 0.273. The Morgan fingerprint density at radius 2 is 2.24 bits per heavy atom. The third-order valence-corrected chi connectivity index (χ3v) is 3.01. The molecule has 2 N–H and O–H groups in total. The highest BCUT2D eigenvalue weighted by Gasteiger charge is 2.22. The normalized spacial score (nSPS) is 23.3. The number of rotatable bonds is 2. The van der Waals surface area contributed by atoms with Gasteiger partial charge in [0.05, 0.1) is 12.4 Å². The van der Waals surface area contributed by atoms with Crippen molar-refractivity contribution in [2.75, 3.05) is 5.73 Å². The lowest BCUT2D eigenvalue weighted by molar-refractivity contribution is -0.110. The van der Waals surface area contributed by atoms with Crippen LogP contribution in [0, 0.1) is 5.92 Å². The van der Waals surface area contributed by atoms with E-state index in [0.29, 0.717) is 17.0 Å². The summed E-state index contributed by atoms with van der Waals surface area (Å²) in [5.41, 5.74) is 7.03. The minimum atomic E-state index is -0.0170. The monoisotopic (exact) mass is 229 g/mol. The molecule has 0 saturated carbocycles. The van der Waals surface area contributed by atoms with Crippen LogP contribution in [0.15, 0.2) is 24.8 Å². The maximum absolute atomic E-state index is 10.7. The van der Waals surface area contributed by atoms with E-state index in [1.54, 1.807) is 6.33 Å². The SMILES string of the molecule is Nc1ncnc2c1ncn2C1C=CC(C=O)C1. The molecule has 2 unspecified atom stereocenters. The van der Waals surface area contributed by atoms with E-state index in [1.165, 1.54) is 6.33 Å². The summed E-state index contributed by atoms with van der Waals surface area (Å²) >= 11 is 0. The zero-order valence-electron chi connectivity index (χ0n) is 9.02. The Morgan fingerprint density at radius 3 is 3.00 bits per heavy atom. The van der Waals surface area contributed by atoms with Crippen LogP contribution in [0.2, 0.25) is 0 Å². The van der Waals surface area contributed by atoms with E-state index < -0.39 is 0 Å². The van der Waals surface area contributed by atoms with Crippen molar-refractivity contribution in [1.82, 2.24) is 19.5 Å². The summed E-state index contributed by atoms with van der Waals surface area (Å²) in [6, 6.07) is 0.115. The number of nitrogens with two attached hydrogens (primary N) is 1. The molecule has 2 atom stereocenters. The zero-order valence-corrected chi connectivity index (χ0v) is 9.02. The number of allylic oxidation sites excluding steroid dienone is 2. The van der Waals surface area contributed by atoms with Crippen LogP contribution in [-0.2, 0) is 4.79 Å². The van der Waals surface area contributed by atoms with Gasteiger partial charge in [0, 0.05) is 5.92 Å². The molecule has 2 aromatic rings. The number of hydrogen-bond acceptors (Lipinski definition) is 5. The van der Waals surface area contributed by atoms with Gasteiger partial charge in [-0.2, -0.15) is 0 Å². The third kappa shape index (κ3) is 1.49. The fourth-order valence-electron chi connectivity index (χ4n) is 2.13. The molecule has 86 valence electrons. The van der Waals surface area contributed by atoms with Gasteiger partial charge in [0.1, 0.15) is 18.1 Å². The van der Waals surface area contributed by atoms with Crippen molar-refractivity contribution in [2.24, 2.45) is 5.92 Å². The average molecular weight is 229 g/mol. The number of anilines is 1. The number of nitrogens with zero attached hydrogens (tertiary/aromatic N) is 4. The van der Waals surface area contributed by atoms with Gasteiger partial charge in [0.15, 0.2) is 11.5 Å². The summed E-state index contributed by atoms with van der Waals surface area (Å²) in [7, 11) is 0. The summed E-state index contributed by atoms with van der Waals surface area (Å²) < 4.78 is 1.92. The largest absolute Gasteiger partial charge is 0.382 e. The standard InChI is InChI=1S/C11H11N5O/c12-10-9-11(14-5-13-10)16(6-15-9)8-2-1-7(3-8)4-17/h1-2,4-8H,3H2,(H2,12,13,14). The Morgan fingerprint density at radius 1 is 1.35 bits per heavy atom. The molecule has 3 rings (SSSR count). The average Bonchev–Trinajstić information content (AvgIpc) is 2.94. The van der Waals surface area contributed by atoms with Crippen LogP contribution in [0.3, 0.4) is 0 Å². The number of aromatic nitrogens is 4. The van der Waals surface area contributed by atoms with Gasteiger partial charge in [0.25, 0.3) is 0 Å². The zero-order chi connectivity index (χ0) is 11.8. The van der Waals surface area contributed by atoms with Gasteiger partial charge in [0.2, 0.25) is 0 Å². The number of nitrogen functional groups attached to an aromatic ring is 1. The molecule has 6 heteroatoms. The van der Waals surface area contributed by atoms with Gasteiger partial charge in [-0.15, -0.1) is 0 Å². The highest BCUT2D eigenvalue weighted by Crippen LogP contribution is 2.29. The Balaban J connectivity index is 2.05. The number of carbonyl (C=O) groups excluding carboxylic acids is 1. The Bertz CT molecular complexity index is 603. The van der Waals surface area contributed by atoms with Gasteiger partial charge < -0.3 is 15.1 Å². The first-order chi connectivity index (χ1) is 8.29. The van der Waals surface area contributed by atoms with Crippen molar-refractivity contribution in [3.05, 3.63) is 24.8 Å². The van der Waals surface area contributed by atoms with E-state index >= 15 is 0 Å². The molecular formula is C11H11N5O. The van der Waals surface area contributed by atoms with E-state index in [9.17, 15) is 4.79 Å². The molecule has 0 amide bonds. The van der Waals surface area contributed by atoms with Crippen molar-refractivity contribution >= 4 is 23.3 Å². The van der Waals surface area contributed by atoms with E-state index in [1.807, 2.05) is 16.7 Å². The van der Waals surface area contributed by atoms with Gasteiger partial charge in [-0.25, -0.2) is 15.0 Å². The number of imidazole rings is 1. The van der Waals surface area contributed by atoms with Gasteiger partial charge in [-0.05, 0) is 6.42 Å². The lowest BCUT2D eigenvalue weighted by Crippen LogP contribution is -2.06. The van der Waals surface area contributed by atoms with Crippen LogP contribution in [0.1, 0.15) is 12.5 Å². The quantitative estimate of drug-likeness (QED) is 0.605. The molecular weight excluding hydrogens is 218 g/mol. The predicted molar refractivity (Wildman–Crippen MR) is 62.1 cm³/mol. The lowest BCUT2D eigenvalue weighted by atomic mass is 10.1. The van der Waals surface area contributed by atoms with Gasteiger partial charge >= 0.3 is 0 Å². The van der Waals surface area contributed by atoms with Crippen LogP contribution in [-0.4, -0.2) is 25.8 Å². The first-order valence-corrected chi connectivity index (χ1v) is 5.36. The van der Waals surface area contributed by atoms with Crippen LogP contribution >= 0.6 is 0 Å². The topological polar surface area (TPSA) is 86.7 Å². The van der Waals surface area contributed by atoms with Gasteiger partial charge in [-0.3, -0.25) is 0 Å². The summed E-state index contributed by atoms with van der Waals surface area (Å²) in [5.74, 6) is 0.360. The summed E-state index contributed by atoms with van der Waals surface area (Å²) in [6.45, 7) is 0. The predicted octanol–water partition coefficient (Wildman–Crippen LogP) is 0.725. The Kier molecular flexibility index (Phi) is 2.14. The minimum absolute atomic E-state index is 0.0170. The van der Waals surface area contributed by atoms with Crippen molar-refractivity contribution in [3.8, 4) is 0 Å². The molecule has 1 aliphatic carbocycles. The maximum Gasteiger partial charge on any atom is 0.165 e. The van der Waals surface area contributed by atoms with E-state index in [-0.39, 0.29) is 12.0 Å². The molecule has 0 aromatic carbocycles. The number of carbonyl (C=O) groups is 1. The van der Waals surface area contributed by atoms with Crippen LogP contribution in [0.25, 0.3) is 11.2 Å². The van der Waals surface area contributed by atoms with E-state index in [4.69, 9.17) is 5.73 Å². The molecule has 2 aromatic heterocycles. The highest BCUT2D eigenvalue weighted by atomic mass is 16.1. The second kappa shape index (κ2) is 3.65. The van der Waals surface area contributed by atoms with Crippen molar-refractivity contribution in [3.63, 3.8) is 0 Å². The highest BCUT2D eigenvalue weighted by molar-refractivity contribution is 5.81.